The van der Waals surface area contributed by atoms with Gasteiger partial charge >= 0.3 is 0 Å². The summed E-state index contributed by atoms with van der Waals surface area (Å²) < 4.78 is 1.11. The van der Waals surface area contributed by atoms with Gasteiger partial charge in [0.15, 0.2) is 0 Å². The molecule has 0 fully saturated rings. The Balaban J connectivity index is 2.84. The highest BCUT2D eigenvalue weighted by Crippen LogP contribution is 2.13. The van der Waals surface area contributed by atoms with Crippen LogP contribution in [0.3, 0.4) is 0 Å². The van der Waals surface area contributed by atoms with E-state index in [1.165, 1.54) is 11.1 Å². The van der Waals surface area contributed by atoms with Crippen molar-refractivity contribution in [3.8, 4) is 0 Å². The second-order valence-corrected chi connectivity index (χ2v) is 3.83. The SMILES string of the molecule is CCC(=Cc1ccc(Br)cc1)CN. The van der Waals surface area contributed by atoms with E-state index in [1.54, 1.807) is 0 Å². The highest BCUT2D eigenvalue weighted by molar-refractivity contribution is 9.10. The molecule has 0 heterocycles. The fraction of sp³-hybridized carbons (Fsp3) is 0.273. The van der Waals surface area contributed by atoms with Gasteiger partial charge in [-0.05, 0) is 24.1 Å². The number of rotatable bonds is 3. The second-order valence-electron chi connectivity index (χ2n) is 2.91. The molecule has 0 bridgehead atoms. The first-order valence-corrected chi connectivity index (χ1v) is 5.20. The Labute approximate surface area is 87.8 Å². The summed E-state index contributed by atoms with van der Waals surface area (Å²) in [4.78, 5) is 0. The Kier molecular flexibility index (Phi) is 4.19. The molecule has 0 radical (unpaired) electrons. The number of nitrogens with two attached hydrogens (primary N) is 1. The van der Waals surface area contributed by atoms with Crippen LogP contribution < -0.4 is 5.73 Å². The van der Waals surface area contributed by atoms with Crippen LogP contribution in [0.1, 0.15) is 18.9 Å². The first-order valence-electron chi connectivity index (χ1n) is 4.41. The van der Waals surface area contributed by atoms with Crippen LogP contribution >= 0.6 is 15.9 Å². The lowest BCUT2D eigenvalue weighted by molar-refractivity contribution is 1.02. The Morgan fingerprint density at radius 3 is 2.46 bits per heavy atom. The number of halogens is 1. The lowest BCUT2D eigenvalue weighted by atomic mass is 10.1. The van der Waals surface area contributed by atoms with Crippen LogP contribution in [0.25, 0.3) is 6.08 Å². The maximum Gasteiger partial charge on any atom is 0.0175 e. The zero-order valence-corrected chi connectivity index (χ0v) is 9.34. The van der Waals surface area contributed by atoms with E-state index in [0.717, 1.165) is 10.9 Å². The van der Waals surface area contributed by atoms with Crippen molar-refractivity contribution in [2.75, 3.05) is 6.54 Å². The minimum Gasteiger partial charge on any atom is -0.327 e. The molecule has 0 aromatic heterocycles. The van der Waals surface area contributed by atoms with Gasteiger partial charge in [-0.3, -0.25) is 0 Å². The average Bonchev–Trinajstić information content (AvgIpc) is 2.17. The molecule has 1 nitrogen and oxygen atoms in total. The third-order valence-corrected chi connectivity index (χ3v) is 2.49. The average molecular weight is 240 g/mol. The van der Waals surface area contributed by atoms with Crippen molar-refractivity contribution in [3.63, 3.8) is 0 Å². The van der Waals surface area contributed by atoms with Gasteiger partial charge in [-0.1, -0.05) is 46.6 Å². The van der Waals surface area contributed by atoms with Crippen molar-refractivity contribution in [3.05, 3.63) is 39.9 Å². The summed E-state index contributed by atoms with van der Waals surface area (Å²) >= 11 is 3.40. The highest BCUT2D eigenvalue weighted by atomic mass is 79.9. The number of hydrogen-bond donors (Lipinski definition) is 1. The summed E-state index contributed by atoms with van der Waals surface area (Å²) in [5.74, 6) is 0. The fourth-order valence-corrected chi connectivity index (χ4v) is 1.36. The van der Waals surface area contributed by atoms with Gasteiger partial charge in [-0.2, -0.15) is 0 Å². The van der Waals surface area contributed by atoms with E-state index in [2.05, 4.69) is 41.1 Å². The van der Waals surface area contributed by atoms with Gasteiger partial charge in [0.1, 0.15) is 0 Å². The van der Waals surface area contributed by atoms with Crippen molar-refractivity contribution < 1.29 is 0 Å². The van der Waals surface area contributed by atoms with E-state index >= 15 is 0 Å². The van der Waals surface area contributed by atoms with Crippen LogP contribution in [0.4, 0.5) is 0 Å². The molecule has 0 saturated carbocycles. The van der Waals surface area contributed by atoms with E-state index in [4.69, 9.17) is 5.73 Å². The Hall–Kier alpha value is -0.600. The quantitative estimate of drug-likeness (QED) is 0.862. The van der Waals surface area contributed by atoms with Crippen LogP contribution in [0.2, 0.25) is 0 Å². The molecule has 0 aliphatic rings. The molecule has 0 unspecified atom stereocenters. The van der Waals surface area contributed by atoms with E-state index < -0.39 is 0 Å². The van der Waals surface area contributed by atoms with E-state index in [1.807, 2.05) is 12.1 Å². The van der Waals surface area contributed by atoms with Crippen molar-refractivity contribution in [1.29, 1.82) is 0 Å². The topological polar surface area (TPSA) is 26.0 Å². The maximum absolute atomic E-state index is 5.58. The molecular weight excluding hydrogens is 226 g/mol. The van der Waals surface area contributed by atoms with Gasteiger partial charge < -0.3 is 5.73 Å². The molecule has 1 rings (SSSR count). The van der Waals surface area contributed by atoms with E-state index in [9.17, 15) is 0 Å². The lowest BCUT2D eigenvalue weighted by Gasteiger charge is -2.00. The summed E-state index contributed by atoms with van der Waals surface area (Å²) in [6.45, 7) is 2.77. The van der Waals surface area contributed by atoms with Gasteiger partial charge in [0.25, 0.3) is 0 Å². The Morgan fingerprint density at radius 1 is 1.38 bits per heavy atom. The first kappa shape index (κ1) is 10.5. The van der Waals surface area contributed by atoms with Gasteiger partial charge in [0, 0.05) is 11.0 Å². The standard InChI is InChI=1S/C11H14BrN/c1-2-9(8-13)7-10-3-5-11(12)6-4-10/h3-7H,2,8,13H2,1H3. The lowest BCUT2D eigenvalue weighted by Crippen LogP contribution is -2.01. The van der Waals surface area contributed by atoms with Gasteiger partial charge in [0.05, 0.1) is 0 Å². The summed E-state index contributed by atoms with van der Waals surface area (Å²) in [5.41, 5.74) is 8.08. The molecule has 1 aromatic rings. The van der Waals surface area contributed by atoms with E-state index in [0.29, 0.717) is 6.54 Å². The molecule has 0 aliphatic carbocycles. The van der Waals surface area contributed by atoms with Gasteiger partial charge in [-0.25, -0.2) is 0 Å². The third-order valence-electron chi connectivity index (χ3n) is 1.96. The molecule has 0 atom stereocenters. The van der Waals surface area contributed by atoms with E-state index in [-0.39, 0.29) is 0 Å². The zero-order valence-electron chi connectivity index (χ0n) is 7.76. The van der Waals surface area contributed by atoms with Crippen molar-refractivity contribution in [2.24, 2.45) is 5.73 Å². The van der Waals surface area contributed by atoms with Crippen molar-refractivity contribution >= 4 is 22.0 Å². The van der Waals surface area contributed by atoms with Crippen molar-refractivity contribution in [1.82, 2.24) is 0 Å². The molecule has 0 spiro atoms. The predicted octanol–water partition coefficient (Wildman–Crippen LogP) is 3.20. The van der Waals surface area contributed by atoms with Gasteiger partial charge in [-0.15, -0.1) is 0 Å². The smallest absolute Gasteiger partial charge is 0.0175 e. The van der Waals surface area contributed by atoms with Crippen molar-refractivity contribution in [2.45, 2.75) is 13.3 Å². The second kappa shape index (κ2) is 5.20. The van der Waals surface area contributed by atoms with Crippen LogP contribution in [0.5, 0.6) is 0 Å². The summed E-state index contributed by atoms with van der Waals surface area (Å²) in [5, 5.41) is 0. The van der Waals surface area contributed by atoms with Gasteiger partial charge in [0.2, 0.25) is 0 Å². The summed E-state index contributed by atoms with van der Waals surface area (Å²) in [6, 6.07) is 8.23. The fourth-order valence-electron chi connectivity index (χ4n) is 1.10. The molecule has 0 amide bonds. The molecule has 0 aliphatic heterocycles. The molecule has 13 heavy (non-hydrogen) atoms. The third kappa shape index (κ3) is 3.33. The minimum absolute atomic E-state index is 0.645. The first-order chi connectivity index (χ1) is 6.26. The maximum atomic E-state index is 5.58. The number of benzene rings is 1. The number of hydrogen-bond acceptors (Lipinski definition) is 1. The predicted molar refractivity (Wildman–Crippen MR) is 61.5 cm³/mol. The molecule has 1 aromatic carbocycles. The summed E-state index contributed by atoms with van der Waals surface area (Å²) in [7, 11) is 0. The Bertz CT molecular complexity index is 281. The minimum atomic E-state index is 0.645. The van der Waals surface area contributed by atoms with Crippen LogP contribution in [-0.4, -0.2) is 6.54 Å². The summed E-state index contributed by atoms with van der Waals surface area (Å²) in [6.07, 6.45) is 3.17. The van der Waals surface area contributed by atoms with Crippen LogP contribution in [0.15, 0.2) is 34.3 Å². The Morgan fingerprint density at radius 2 is 2.00 bits per heavy atom. The zero-order chi connectivity index (χ0) is 9.68. The monoisotopic (exact) mass is 239 g/mol. The molecule has 70 valence electrons. The normalized spacial score (nSPS) is 11.8. The largest absolute Gasteiger partial charge is 0.327 e. The molecule has 2 N–H and O–H groups in total. The van der Waals surface area contributed by atoms with Crippen LogP contribution in [0, 0.1) is 0 Å². The molecular formula is C11H14BrN. The molecule has 2 heteroatoms. The molecule has 0 saturated heterocycles. The highest BCUT2D eigenvalue weighted by Gasteiger charge is 1.92. The van der Waals surface area contributed by atoms with Crippen LogP contribution in [-0.2, 0) is 0 Å².